The summed E-state index contributed by atoms with van der Waals surface area (Å²) in [7, 11) is -1.70. The standard InChI is InChI=1S/C26H33N5O3S/c1-21-11-12-24(15-25(21)35(33,34)31-13-7-4-8-14-31)28-26(32)20-29(2)17-23-16-27-30(19-23)18-22-9-5-3-6-10-22/h3,5-6,9-12,15-16,19H,4,7-8,13-14,17-18,20H2,1-2H3,(H,28,32). The Morgan fingerprint density at radius 3 is 2.54 bits per heavy atom. The number of carbonyl (C=O) groups is 1. The number of piperidine rings is 1. The average molecular weight is 496 g/mol. The summed E-state index contributed by atoms with van der Waals surface area (Å²) in [6, 6.07) is 15.2. The molecule has 1 fully saturated rings. The Morgan fingerprint density at radius 1 is 1.06 bits per heavy atom. The molecule has 0 unspecified atom stereocenters. The summed E-state index contributed by atoms with van der Waals surface area (Å²) in [5.41, 5.74) is 3.36. The van der Waals surface area contributed by atoms with Crippen molar-refractivity contribution in [2.24, 2.45) is 0 Å². The third-order valence-corrected chi connectivity index (χ3v) is 8.19. The Hall–Kier alpha value is -3.01. The molecule has 0 atom stereocenters. The van der Waals surface area contributed by atoms with Crippen molar-refractivity contribution in [3.8, 4) is 0 Å². The Kier molecular flexibility index (Phi) is 8.00. The van der Waals surface area contributed by atoms with Gasteiger partial charge in [0.15, 0.2) is 0 Å². The quantitative estimate of drug-likeness (QED) is 0.491. The van der Waals surface area contributed by atoms with Crippen molar-refractivity contribution < 1.29 is 13.2 Å². The zero-order valence-electron chi connectivity index (χ0n) is 20.4. The van der Waals surface area contributed by atoms with E-state index in [-0.39, 0.29) is 17.3 Å². The predicted octanol–water partition coefficient (Wildman–Crippen LogP) is 3.48. The first kappa shape index (κ1) is 25.1. The monoisotopic (exact) mass is 495 g/mol. The maximum Gasteiger partial charge on any atom is 0.243 e. The van der Waals surface area contributed by atoms with Gasteiger partial charge in [-0.25, -0.2) is 8.42 Å². The van der Waals surface area contributed by atoms with Crippen LogP contribution in [0.5, 0.6) is 0 Å². The number of aromatic nitrogens is 2. The molecule has 8 nitrogen and oxygen atoms in total. The Morgan fingerprint density at radius 2 is 1.80 bits per heavy atom. The fourth-order valence-electron chi connectivity index (χ4n) is 4.36. The molecular formula is C26H33N5O3S. The first-order valence-corrected chi connectivity index (χ1v) is 13.4. The predicted molar refractivity (Wildman–Crippen MR) is 137 cm³/mol. The lowest BCUT2D eigenvalue weighted by Gasteiger charge is -2.26. The summed E-state index contributed by atoms with van der Waals surface area (Å²) in [5, 5.41) is 7.27. The van der Waals surface area contributed by atoms with Crippen molar-refractivity contribution in [3.63, 3.8) is 0 Å². The maximum absolute atomic E-state index is 13.1. The fraction of sp³-hybridized carbons (Fsp3) is 0.385. The molecule has 35 heavy (non-hydrogen) atoms. The second-order valence-corrected chi connectivity index (χ2v) is 11.1. The van der Waals surface area contributed by atoms with Crippen LogP contribution in [0.4, 0.5) is 5.69 Å². The molecule has 0 radical (unpaired) electrons. The number of rotatable bonds is 9. The van der Waals surface area contributed by atoms with Gasteiger partial charge in [-0.05, 0) is 50.1 Å². The number of amides is 1. The van der Waals surface area contributed by atoms with Crippen molar-refractivity contribution in [2.75, 3.05) is 32.0 Å². The summed E-state index contributed by atoms with van der Waals surface area (Å²) in [4.78, 5) is 14.8. The van der Waals surface area contributed by atoms with Crippen molar-refractivity contribution in [2.45, 2.75) is 44.2 Å². The van der Waals surface area contributed by atoms with Crippen LogP contribution in [-0.4, -0.2) is 60.0 Å². The lowest BCUT2D eigenvalue weighted by atomic mass is 10.2. The zero-order chi connectivity index (χ0) is 24.8. The minimum absolute atomic E-state index is 0.173. The highest BCUT2D eigenvalue weighted by Gasteiger charge is 2.27. The van der Waals surface area contributed by atoms with Crippen LogP contribution in [-0.2, 0) is 27.9 Å². The van der Waals surface area contributed by atoms with Gasteiger partial charge in [-0.1, -0.05) is 42.8 Å². The van der Waals surface area contributed by atoms with E-state index in [1.54, 1.807) is 29.4 Å². The number of likely N-dealkylation sites (N-methyl/N-ethyl adjacent to an activating group) is 1. The van der Waals surface area contributed by atoms with E-state index >= 15 is 0 Å². The van der Waals surface area contributed by atoms with Crippen LogP contribution in [0.15, 0.2) is 65.8 Å². The molecule has 1 aromatic heterocycles. The molecule has 186 valence electrons. The fourth-order valence-corrected chi connectivity index (χ4v) is 6.13. The summed E-state index contributed by atoms with van der Waals surface area (Å²) >= 11 is 0. The van der Waals surface area contributed by atoms with Gasteiger partial charge in [-0.3, -0.25) is 14.4 Å². The highest BCUT2D eigenvalue weighted by Crippen LogP contribution is 2.26. The number of nitrogens with zero attached hydrogens (tertiary/aromatic N) is 4. The van der Waals surface area contributed by atoms with Gasteiger partial charge in [-0.2, -0.15) is 9.40 Å². The van der Waals surface area contributed by atoms with Gasteiger partial charge in [0, 0.05) is 37.1 Å². The molecule has 2 heterocycles. The topological polar surface area (TPSA) is 87.5 Å². The molecule has 0 spiro atoms. The van der Waals surface area contributed by atoms with Gasteiger partial charge in [0.1, 0.15) is 0 Å². The van der Waals surface area contributed by atoms with Crippen LogP contribution < -0.4 is 5.32 Å². The maximum atomic E-state index is 13.1. The van der Waals surface area contributed by atoms with Crippen molar-refractivity contribution in [1.82, 2.24) is 19.0 Å². The van der Waals surface area contributed by atoms with Gasteiger partial charge in [0.2, 0.25) is 15.9 Å². The first-order valence-electron chi connectivity index (χ1n) is 12.0. The van der Waals surface area contributed by atoms with E-state index in [9.17, 15) is 13.2 Å². The van der Waals surface area contributed by atoms with Gasteiger partial charge >= 0.3 is 0 Å². The summed E-state index contributed by atoms with van der Waals surface area (Å²) in [6.07, 6.45) is 6.62. The van der Waals surface area contributed by atoms with E-state index in [0.29, 0.717) is 37.4 Å². The van der Waals surface area contributed by atoms with E-state index < -0.39 is 10.0 Å². The third kappa shape index (κ3) is 6.56. The number of hydrogen-bond donors (Lipinski definition) is 1. The van der Waals surface area contributed by atoms with Crippen LogP contribution in [0.1, 0.15) is 36.0 Å². The van der Waals surface area contributed by atoms with Gasteiger partial charge in [0.25, 0.3) is 0 Å². The van der Waals surface area contributed by atoms with Gasteiger partial charge < -0.3 is 5.32 Å². The lowest BCUT2D eigenvalue weighted by molar-refractivity contribution is -0.117. The number of sulfonamides is 1. The molecule has 1 aliphatic heterocycles. The second kappa shape index (κ2) is 11.2. The Bertz CT molecular complexity index is 1250. The number of nitrogens with one attached hydrogen (secondary N) is 1. The highest BCUT2D eigenvalue weighted by molar-refractivity contribution is 7.89. The Balaban J connectivity index is 1.34. The molecule has 0 bridgehead atoms. The second-order valence-electron chi connectivity index (χ2n) is 9.20. The molecule has 1 aliphatic rings. The number of anilines is 1. The molecule has 2 aromatic carbocycles. The minimum atomic E-state index is -3.57. The molecule has 3 aromatic rings. The van der Waals surface area contributed by atoms with Crippen LogP contribution in [0.3, 0.4) is 0 Å². The largest absolute Gasteiger partial charge is 0.325 e. The Labute approximate surface area is 207 Å². The summed E-state index contributed by atoms with van der Waals surface area (Å²) < 4.78 is 29.7. The zero-order valence-corrected chi connectivity index (χ0v) is 21.2. The number of hydrogen-bond acceptors (Lipinski definition) is 5. The average Bonchev–Trinajstić information content (AvgIpc) is 3.27. The van der Waals surface area contributed by atoms with E-state index in [4.69, 9.17) is 0 Å². The molecule has 4 rings (SSSR count). The molecule has 0 saturated carbocycles. The highest BCUT2D eigenvalue weighted by atomic mass is 32.2. The number of aryl methyl sites for hydroxylation is 1. The normalized spacial score (nSPS) is 14.8. The van der Waals surface area contributed by atoms with Gasteiger partial charge in [-0.15, -0.1) is 0 Å². The van der Waals surface area contributed by atoms with E-state index in [0.717, 1.165) is 24.8 Å². The lowest BCUT2D eigenvalue weighted by Crippen LogP contribution is -2.36. The van der Waals surface area contributed by atoms with Crippen LogP contribution in [0, 0.1) is 6.92 Å². The summed E-state index contributed by atoms with van der Waals surface area (Å²) in [6.45, 7) is 4.32. The van der Waals surface area contributed by atoms with Crippen molar-refractivity contribution in [3.05, 3.63) is 77.6 Å². The van der Waals surface area contributed by atoms with Gasteiger partial charge in [0.05, 0.1) is 24.2 Å². The molecule has 9 heteroatoms. The van der Waals surface area contributed by atoms with Crippen molar-refractivity contribution in [1.29, 1.82) is 0 Å². The first-order chi connectivity index (χ1) is 16.8. The molecule has 1 amide bonds. The summed E-state index contributed by atoms with van der Waals surface area (Å²) in [5.74, 6) is -0.200. The molecule has 1 saturated heterocycles. The van der Waals surface area contributed by atoms with Crippen molar-refractivity contribution >= 4 is 21.6 Å². The molecule has 1 N–H and O–H groups in total. The third-order valence-electron chi connectivity index (χ3n) is 6.14. The smallest absolute Gasteiger partial charge is 0.243 e. The molecule has 0 aliphatic carbocycles. The minimum Gasteiger partial charge on any atom is -0.325 e. The number of carbonyl (C=O) groups excluding carboxylic acids is 1. The van der Waals surface area contributed by atoms with Crippen LogP contribution in [0.25, 0.3) is 0 Å². The van der Waals surface area contributed by atoms with Crippen LogP contribution >= 0.6 is 0 Å². The van der Waals surface area contributed by atoms with Crippen LogP contribution in [0.2, 0.25) is 0 Å². The SMILES string of the molecule is Cc1ccc(NC(=O)CN(C)Cc2cnn(Cc3ccccc3)c2)cc1S(=O)(=O)N1CCCCC1. The van der Waals surface area contributed by atoms with E-state index in [1.807, 2.05) is 47.2 Å². The van der Waals surface area contributed by atoms with E-state index in [2.05, 4.69) is 22.5 Å². The van der Waals surface area contributed by atoms with E-state index in [1.165, 1.54) is 5.56 Å². The molecular weight excluding hydrogens is 462 g/mol. The number of benzene rings is 2.